The number of benzene rings is 1. The SMILES string of the molecule is Cn1cc(C(=O)N2CCCCC2c2cccc(F)c2)cn1. The molecule has 1 amide bonds. The fourth-order valence-electron chi connectivity index (χ4n) is 2.93. The van der Waals surface area contributed by atoms with Gasteiger partial charge in [-0.3, -0.25) is 9.48 Å². The van der Waals surface area contributed by atoms with Crippen LogP contribution in [0.4, 0.5) is 4.39 Å². The summed E-state index contributed by atoms with van der Waals surface area (Å²) in [5, 5.41) is 4.05. The van der Waals surface area contributed by atoms with Gasteiger partial charge in [0.05, 0.1) is 17.8 Å². The molecule has 5 heteroatoms. The second kappa shape index (κ2) is 5.68. The van der Waals surface area contributed by atoms with Gasteiger partial charge < -0.3 is 4.90 Å². The number of hydrogen-bond donors (Lipinski definition) is 0. The average molecular weight is 287 g/mol. The first-order valence-corrected chi connectivity index (χ1v) is 7.20. The van der Waals surface area contributed by atoms with E-state index in [9.17, 15) is 9.18 Å². The summed E-state index contributed by atoms with van der Waals surface area (Å²) in [5.74, 6) is -0.288. The Hall–Kier alpha value is -2.17. The minimum atomic E-state index is -0.258. The molecule has 0 bridgehead atoms. The van der Waals surface area contributed by atoms with Crippen molar-refractivity contribution in [1.82, 2.24) is 14.7 Å². The fraction of sp³-hybridized carbons (Fsp3) is 0.375. The molecular weight excluding hydrogens is 269 g/mol. The molecule has 0 aliphatic carbocycles. The summed E-state index contributed by atoms with van der Waals surface area (Å²) in [6.45, 7) is 0.703. The number of halogens is 1. The van der Waals surface area contributed by atoms with Gasteiger partial charge >= 0.3 is 0 Å². The number of likely N-dealkylation sites (tertiary alicyclic amines) is 1. The lowest BCUT2D eigenvalue weighted by Crippen LogP contribution is -2.38. The lowest BCUT2D eigenvalue weighted by Gasteiger charge is -2.36. The highest BCUT2D eigenvalue weighted by Gasteiger charge is 2.29. The number of carbonyl (C=O) groups is 1. The maximum absolute atomic E-state index is 13.5. The Morgan fingerprint density at radius 2 is 2.24 bits per heavy atom. The van der Waals surface area contributed by atoms with Crippen LogP contribution in [-0.2, 0) is 7.05 Å². The maximum atomic E-state index is 13.5. The molecule has 0 spiro atoms. The number of amides is 1. The minimum absolute atomic E-state index is 0.0305. The third kappa shape index (κ3) is 2.82. The highest BCUT2D eigenvalue weighted by atomic mass is 19.1. The number of carbonyl (C=O) groups excluding carboxylic acids is 1. The van der Waals surface area contributed by atoms with Crippen molar-refractivity contribution < 1.29 is 9.18 Å². The summed E-state index contributed by atoms with van der Waals surface area (Å²) < 4.78 is 15.1. The molecule has 110 valence electrons. The average Bonchev–Trinajstić information content (AvgIpc) is 2.93. The van der Waals surface area contributed by atoms with Crippen LogP contribution in [0.5, 0.6) is 0 Å². The third-order valence-corrected chi connectivity index (χ3v) is 3.95. The largest absolute Gasteiger partial charge is 0.332 e. The van der Waals surface area contributed by atoms with Crippen molar-refractivity contribution in [3.8, 4) is 0 Å². The lowest BCUT2D eigenvalue weighted by molar-refractivity contribution is 0.0611. The lowest BCUT2D eigenvalue weighted by atomic mass is 9.94. The number of aromatic nitrogens is 2. The molecular formula is C16H18FN3O. The summed E-state index contributed by atoms with van der Waals surface area (Å²) in [6.07, 6.45) is 6.21. The summed E-state index contributed by atoms with van der Waals surface area (Å²) in [6, 6.07) is 6.50. The van der Waals surface area contributed by atoms with Gasteiger partial charge in [-0.05, 0) is 37.0 Å². The van der Waals surface area contributed by atoms with Crippen LogP contribution in [0.15, 0.2) is 36.7 Å². The molecule has 2 heterocycles. The molecule has 1 aliphatic rings. The number of nitrogens with zero attached hydrogens (tertiary/aromatic N) is 3. The Morgan fingerprint density at radius 1 is 1.38 bits per heavy atom. The van der Waals surface area contributed by atoms with Gasteiger partial charge in [0.1, 0.15) is 5.82 Å². The number of piperidine rings is 1. The summed E-state index contributed by atoms with van der Waals surface area (Å²) in [4.78, 5) is 14.5. The molecule has 0 radical (unpaired) electrons. The Labute approximate surface area is 123 Å². The molecule has 3 rings (SSSR count). The van der Waals surface area contributed by atoms with Gasteiger partial charge in [-0.15, -0.1) is 0 Å². The molecule has 2 aromatic rings. The van der Waals surface area contributed by atoms with Gasteiger partial charge in [-0.1, -0.05) is 12.1 Å². The highest BCUT2D eigenvalue weighted by Crippen LogP contribution is 2.32. The van der Waals surface area contributed by atoms with Crippen LogP contribution in [0.25, 0.3) is 0 Å². The van der Waals surface area contributed by atoms with Gasteiger partial charge in [0.2, 0.25) is 0 Å². The van der Waals surface area contributed by atoms with Crippen molar-refractivity contribution in [3.05, 3.63) is 53.6 Å². The van der Waals surface area contributed by atoms with Gasteiger partial charge in [-0.25, -0.2) is 4.39 Å². The van der Waals surface area contributed by atoms with Crippen LogP contribution >= 0.6 is 0 Å². The van der Waals surface area contributed by atoms with E-state index in [-0.39, 0.29) is 17.8 Å². The smallest absolute Gasteiger partial charge is 0.257 e. The minimum Gasteiger partial charge on any atom is -0.332 e. The first-order valence-electron chi connectivity index (χ1n) is 7.20. The van der Waals surface area contributed by atoms with E-state index in [2.05, 4.69) is 5.10 Å². The zero-order chi connectivity index (χ0) is 14.8. The van der Waals surface area contributed by atoms with E-state index >= 15 is 0 Å². The molecule has 1 aliphatic heterocycles. The molecule has 4 nitrogen and oxygen atoms in total. The maximum Gasteiger partial charge on any atom is 0.257 e. The second-order valence-electron chi connectivity index (χ2n) is 5.47. The summed E-state index contributed by atoms with van der Waals surface area (Å²) >= 11 is 0. The molecule has 1 atom stereocenters. The van der Waals surface area contributed by atoms with Crippen LogP contribution in [0.2, 0.25) is 0 Å². The van der Waals surface area contributed by atoms with E-state index < -0.39 is 0 Å². The first-order chi connectivity index (χ1) is 10.1. The first kappa shape index (κ1) is 13.8. The zero-order valence-electron chi connectivity index (χ0n) is 12.0. The van der Waals surface area contributed by atoms with Gasteiger partial charge in [0, 0.05) is 19.8 Å². The molecule has 21 heavy (non-hydrogen) atoms. The quantitative estimate of drug-likeness (QED) is 0.851. The van der Waals surface area contributed by atoms with Crippen LogP contribution in [0, 0.1) is 5.82 Å². The van der Waals surface area contributed by atoms with E-state index in [4.69, 9.17) is 0 Å². The third-order valence-electron chi connectivity index (χ3n) is 3.95. The molecule has 1 aromatic heterocycles. The van der Waals surface area contributed by atoms with Crippen LogP contribution in [-0.4, -0.2) is 27.1 Å². The molecule has 1 unspecified atom stereocenters. The van der Waals surface area contributed by atoms with Crippen molar-refractivity contribution >= 4 is 5.91 Å². The van der Waals surface area contributed by atoms with Crippen LogP contribution < -0.4 is 0 Å². The Morgan fingerprint density at radius 3 is 2.95 bits per heavy atom. The predicted molar refractivity (Wildman–Crippen MR) is 77.2 cm³/mol. The van der Waals surface area contributed by atoms with Gasteiger partial charge in [0.25, 0.3) is 5.91 Å². The highest BCUT2D eigenvalue weighted by molar-refractivity contribution is 5.94. The monoisotopic (exact) mass is 287 g/mol. The standard InChI is InChI=1S/C16H18FN3O/c1-19-11-13(10-18-19)16(21)20-8-3-2-7-15(20)12-5-4-6-14(17)9-12/h4-6,9-11,15H,2-3,7-8H2,1H3. The van der Waals surface area contributed by atoms with Crippen LogP contribution in [0.3, 0.4) is 0 Å². The van der Waals surface area contributed by atoms with E-state index in [0.29, 0.717) is 12.1 Å². The molecule has 1 aromatic carbocycles. The number of aryl methyl sites for hydroxylation is 1. The topological polar surface area (TPSA) is 38.1 Å². The zero-order valence-corrected chi connectivity index (χ0v) is 12.0. The predicted octanol–water partition coefficient (Wildman–Crippen LogP) is 2.93. The van der Waals surface area contributed by atoms with Crippen LogP contribution in [0.1, 0.15) is 41.2 Å². The fourth-order valence-corrected chi connectivity index (χ4v) is 2.93. The molecule has 1 fully saturated rings. The van der Waals surface area contributed by atoms with E-state index in [1.165, 1.54) is 12.1 Å². The van der Waals surface area contributed by atoms with E-state index in [1.54, 1.807) is 30.2 Å². The van der Waals surface area contributed by atoms with Crippen molar-refractivity contribution in [2.24, 2.45) is 7.05 Å². The van der Waals surface area contributed by atoms with Crippen molar-refractivity contribution in [2.75, 3.05) is 6.54 Å². The number of hydrogen-bond acceptors (Lipinski definition) is 2. The normalized spacial score (nSPS) is 18.8. The van der Waals surface area contributed by atoms with Crippen molar-refractivity contribution in [1.29, 1.82) is 0 Å². The van der Waals surface area contributed by atoms with Crippen molar-refractivity contribution in [3.63, 3.8) is 0 Å². The van der Waals surface area contributed by atoms with E-state index in [1.807, 2.05) is 11.0 Å². The van der Waals surface area contributed by atoms with Crippen molar-refractivity contribution in [2.45, 2.75) is 25.3 Å². The Bertz CT molecular complexity index is 652. The van der Waals surface area contributed by atoms with Gasteiger partial charge in [0.15, 0.2) is 0 Å². The van der Waals surface area contributed by atoms with E-state index in [0.717, 1.165) is 24.8 Å². The molecule has 0 N–H and O–H groups in total. The molecule has 1 saturated heterocycles. The Kier molecular flexibility index (Phi) is 3.73. The molecule has 0 saturated carbocycles. The summed E-state index contributed by atoms with van der Waals surface area (Å²) in [7, 11) is 1.79. The second-order valence-corrected chi connectivity index (χ2v) is 5.47. The number of rotatable bonds is 2. The van der Waals surface area contributed by atoms with Gasteiger partial charge in [-0.2, -0.15) is 5.10 Å². The Balaban J connectivity index is 1.89. The summed E-state index contributed by atoms with van der Waals surface area (Å²) in [5.41, 5.74) is 1.45.